The summed E-state index contributed by atoms with van der Waals surface area (Å²) in [7, 11) is 0. The number of aryl methyl sites for hydroxylation is 1. The number of hydrogen-bond acceptors (Lipinski definition) is 4. The van der Waals surface area contributed by atoms with Crippen LogP contribution in [0.15, 0.2) is 42.5 Å². The predicted octanol–water partition coefficient (Wildman–Crippen LogP) is 5.22. The summed E-state index contributed by atoms with van der Waals surface area (Å²) in [5.41, 5.74) is 2.27. The molecular weight excluding hydrogens is 408 g/mol. The summed E-state index contributed by atoms with van der Waals surface area (Å²) < 4.78 is 10.7. The van der Waals surface area contributed by atoms with Crippen molar-refractivity contribution in [1.29, 1.82) is 0 Å². The third-order valence-electron chi connectivity index (χ3n) is 3.92. The molecule has 0 saturated heterocycles. The molecule has 7 heteroatoms. The van der Waals surface area contributed by atoms with E-state index < -0.39 is 5.97 Å². The van der Waals surface area contributed by atoms with Gasteiger partial charge in [-0.1, -0.05) is 23.7 Å². The van der Waals surface area contributed by atoms with Gasteiger partial charge in [0.15, 0.2) is 5.11 Å². The number of anilines is 1. The number of nitrogens with one attached hydrogen (secondary N) is 2. The third kappa shape index (κ3) is 7.91. The maximum absolute atomic E-state index is 11.8. The van der Waals surface area contributed by atoms with Crippen LogP contribution in [0, 0.1) is 0 Å². The van der Waals surface area contributed by atoms with Crippen LogP contribution < -0.4 is 15.4 Å². The summed E-state index contributed by atoms with van der Waals surface area (Å²) in [4.78, 5) is 11.8. The number of esters is 1. The van der Waals surface area contributed by atoms with Gasteiger partial charge in [0.05, 0.1) is 23.3 Å². The van der Waals surface area contributed by atoms with Crippen molar-refractivity contribution in [2.45, 2.75) is 39.7 Å². The summed E-state index contributed by atoms with van der Waals surface area (Å²) in [6, 6.07) is 13.2. The summed E-state index contributed by atoms with van der Waals surface area (Å²) in [5, 5.41) is 7.07. The van der Waals surface area contributed by atoms with Gasteiger partial charge in [-0.2, -0.15) is 0 Å². The third-order valence-corrected chi connectivity index (χ3v) is 4.48. The molecule has 0 unspecified atom stereocenters. The van der Waals surface area contributed by atoms with Gasteiger partial charge in [0.2, 0.25) is 0 Å². The molecule has 0 aliphatic carbocycles. The first-order valence-electron chi connectivity index (χ1n) is 9.66. The van der Waals surface area contributed by atoms with Crippen LogP contribution in [0.2, 0.25) is 5.02 Å². The van der Waals surface area contributed by atoms with Crippen molar-refractivity contribution in [3.05, 3.63) is 58.6 Å². The van der Waals surface area contributed by atoms with Gasteiger partial charge in [-0.25, -0.2) is 4.79 Å². The van der Waals surface area contributed by atoms with Crippen molar-refractivity contribution >= 4 is 40.6 Å². The van der Waals surface area contributed by atoms with Crippen LogP contribution in [0.1, 0.15) is 43.1 Å². The first-order chi connectivity index (χ1) is 13.9. The average Bonchev–Trinajstić information content (AvgIpc) is 2.65. The first kappa shape index (κ1) is 23.0. The molecule has 0 aromatic heterocycles. The molecular formula is C22H27ClN2O3S. The average molecular weight is 435 g/mol. The quantitative estimate of drug-likeness (QED) is 0.320. The van der Waals surface area contributed by atoms with E-state index in [9.17, 15) is 4.79 Å². The molecule has 156 valence electrons. The number of hydrogen-bond donors (Lipinski definition) is 2. The van der Waals surface area contributed by atoms with Crippen molar-refractivity contribution in [1.82, 2.24) is 5.32 Å². The second-order valence-corrected chi connectivity index (χ2v) is 7.53. The van der Waals surface area contributed by atoms with E-state index in [2.05, 4.69) is 22.8 Å². The first-order valence-corrected chi connectivity index (χ1v) is 10.4. The Bertz CT molecular complexity index is 843. The highest BCUT2D eigenvalue weighted by Gasteiger charge is 2.12. The van der Waals surface area contributed by atoms with Crippen LogP contribution in [0.5, 0.6) is 5.75 Å². The second kappa shape index (κ2) is 11.6. The molecule has 0 saturated carbocycles. The fraction of sp³-hybridized carbons (Fsp3) is 0.364. The van der Waals surface area contributed by atoms with Crippen molar-refractivity contribution in [3.63, 3.8) is 0 Å². The summed E-state index contributed by atoms with van der Waals surface area (Å²) in [6.07, 6.45) is 2.01. The molecule has 2 N–H and O–H groups in total. The molecule has 2 aromatic rings. The highest BCUT2D eigenvalue weighted by atomic mass is 35.5. The zero-order valence-electron chi connectivity index (χ0n) is 17.0. The highest BCUT2D eigenvalue weighted by molar-refractivity contribution is 7.80. The normalized spacial score (nSPS) is 10.5. The number of halogens is 1. The zero-order chi connectivity index (χ0) is 21.2. The number of carbonyl (C=O) groups is 1. The molecule has 2 rings (SSSR count). The molecule has 0 aliphatic rings. The molecule has 0 heterocycles. The van der Waals surface area contributed by atoms with E-state index in [1.807, 2.05) is 26.0 Å². The fourth-order valence-electron chi connectivity index (χ4n) is 2.68. The van der Waals surface area contributed by atoms with Crippen LogP contribution >= 0.6 is 23.8 Å². The maximum atomic E-state index is 11.8. The SMILES string of the molecule is CCOC(=O)c1ccc(NC(=S)NCCCc2cccc(OC(C)C)c2)cc1Cl. The lowest BCUT2D eigenvalue weighted by molar-refractivity contribution is 0.0526. The van der Waals surface area contributed by atoms with Crippen LogP contribution in [-0.4, -0.2) is 30.3 Å². The molecule has 5 nitrogen and oxygen atoms in total. The molecule has 0 amide bonds. The van der Waals surface area contributed by atoms with Crippen LogP contribution in [0.4, 0.5) is 5.69 Å². The Morgan fingerprint density at radius 1 is 1.21 bits per heavy atom. The van der Waals surface area contributed by atoms with Gasteiger partial charge in [0.25, 0.3) is 0 Å². The topological polar surface area (TPSA) is 59.6 Å². The minimum atomic E-state index is -0.437. The van der Waals surface area contributed by atoms with E-state index in [1.165, 1.54) is 5.56 Å². The van der Waals surface area contributed by atoms with E-state index >= 15 is 0 Å². The van der Waals surface area contributed by atoms with Gasteiger partial charge >= 0.3 is 5.97 Å². The molecule has 0 aliphatic heterocycles. The lowest BCUT2D eigenvalue weighted by atomic mass is 10.1. The maximum Gasteiger partial charge on any atom is 0.339 e. The molecule has 0 bridgehead atoms. The Hall–Kier alpha value is -2.31. The lowest BCUT2D eigenvalue weighted by Crippen LogP contribution is -2.29. The summed E-state index contributed by atoms with van der Waals surface area (Å²) in [5.74, 6) is 0.457. The Balaban J connectivity index is 1.77. The number of thiocarbonyl (C=S) groups is 1. The molecule has 0 spiro atoms. The molecule has 0 fully saturated rings. The summed E-state index contributed by atoms with van der Waals surface area (Å²) >= 11 is 11.5. The van der Waals surface area contributed by atoms with Gasteiger partial charge in [-0.3, -0.25) is 0 Å². The number of rotatable bonds is 9. The number of carbonyl (C=O) groups excluding carboxylic acids is 1. The zero-order valence-corrected chi connectivity index (χ0v) is 18.5. The standard InChI is InChI=1S/C22H27ClN2O3S/c1-4-27-21(26)19-11-10-17(14-20(19)23)25-22(29)24-12-6-8-16-7-5-9-18(13-16)28-15(2)3/h5,7,9-11,13-15H,4,6,8,12H2,1-3H3,(H2,24,25,29). The van der Waals surface area contributed by atoms with Crippen molar-refractivity contribution in [2.75, 3.05) is 18.5 Å². The highest BCUT2D eigenvalue weighted by Crippen LogP contribution is 2.22. The van der Waals surface area contributed by atoms with Crippen LogP contribution in [0.3, 0.4) is 0 Å². The van der Waals surface area contributed by atoms with E-state index in [1.54, 1.807) is 25.1 Å². The van der Waals surface area contributed by atoms with Crippen molar-refractivity contribution < 1.29 is 14.3 Å². The van der Waals surface area contributed by atoms with Gasteiger partial charge in [-0.15, -0.1) is 0 Å². The van der Waals surface area contributed by atoms with Crippen LogP contribution in [0.25, 0.3) is 0 Å². The Kier molecular flexibility index (Phi) is 9.22. The Morgan fingerprint density at radius 2 is 2.00 bits per heavy atom. The molecule has 0 radical (unpaired) electrons. The van der Waals surface area contributed by atoms with Crippen molar-refractivity contribution in [3.8, 4) is 5.75 Å². The molecule has 2 aromatic carbocycles. The van der Waals surface area contributed by atoms with E-state index in [4.69, 9.17) is 33.3 Å². The van der Waals surface area contributed by atoms with E-state index in [0.717, 1.165) is 25.1 Å². The monoisotopic (exact) mass is 434 g/mol. The largest absolute Gasteiger partial charge is 0.491 e. The Labute approximate surface area is 182 Å². The Morgan fingerprint density at radius 3 is 2.69 bits per heavy atom. The van der Waals surface area contributed by atoms with Gasteiger partial charge in [-0.05, 0) is 81.7 Å². The molecule has 29 heavy (non-hydrogen) atoms. The van der Waals surface area contributed by atoms with Crippen molar-refractivity contribution in [2.24, 2.45) is 0 Å². The summed E-state index contributed by atoms with van der Waals surface area (Å²) in [6.45, 7) is 6.82. The van der Waals surface area contributed by atoms with Gasteiger partial charge < -0.3 is 20.1 Å². The second-order valence-electron chi connectivity index (χ2n) is 6.71. The predicted molar refractivity (Wildman–Crippen MR) is 122 cm³/mol. The smallest absolute Gasteiger partial charge is 0.339 e. The minimum Gasteiger partial charge on any atom is -0.491 e. The van der Waals surface area contributed by atoms with Crippen LogP contribution in [-0.2, 0) is 11.2 Å². The van der Waals surface area contributed by atoms with E-state index in [-0.39, 0.29) is 6.10 Å². The van der Waals surface area contributed by atoms with Gasteiger partial charge in [0, 0.05) is 12.2 Å². The van der Waals surface area contributed by atoms with E-state index in [0.29, 0.717) is 28.0 Å². The minimum absolute atomic E-state index is 0.162. The molecule has 0 atom stereocenters. The lowest BCUT2D eigenvalue weighted by Gasteiger charge is -2.13. The number of benzene rings is 2. The fourth-order valence-corrected chi connectivity index (χ4v) is 3.16. The number of ether oxygens (including phenoxy) is 2. The van der Waals surface area contributed by atoms with Gasteiger partial charge in [0.1, 0.15) is 5.75 Å².